The molecular weight excluding hydrogens is 260 g/mol. The number of halogens is 1. The lowest BCUT2D eigenvalue weighted by atomic mass is 9.86. The average molecular weight is 275 g/mol. The number of hydrogen-bond donors (Lipinski definition) is 1. The molecule has 5 heteroatoms. The molecule has 84 valence electrons. The summed E-state index contributed by atoms with van der Waals surface area (Å²) in [5.74, 6) is -0.311. The van der Waals surface area contributed by atoms with E-state index in [1.807, 2.05) is 20.8 Å². The van der Waals surface area contributed by atoms with E-state index in [-0.39, 0.29) is 5.78 Å². The van der Waals surface area contributed by atoms with E-state index in [2.05, 4.69) is 21.0 Å². The van der Waals surface area contributed by atoms with Crippen LogP contribution in [0.25, 0.3) is 0 Å². The number of nitrogens with zero attached hydrogens (tertiary/aromatic N) is 2. The van der Waals surface area contributed by atoms with Crippen LogP contribution in [0.2, 0.25) is 0 Å². The van der Waals surface area contributed by atoms with Crippen LogP contribution in [-0.4, -0.2) is 26.8 Å². The minimum absolute atomic E-state index is 0.311. The van der Waals surface area contributed by atoms with Crippen LogP contribution in [0.4, 0.5) is 0 Å². The molecule has 1 heterocycles. The molecule has 1 aromatic heterocycles. The van der Waals surface area contributed by atoms with Crippen molar-refractivity contribution in [1.82, 2.24) is 9.78 Å². The number of aliphatic hydroxyl groups excluding tert-OH is 1. The molecule has 0 saturated heterocycles. The first-order chi connectivity index (χ1) is 6.75. The Morgan fingerprint density at radius 3 is 2.47 bits per heavy atom. The molecule has 1 unspecified atom stereocenters. The van der Waals surface area contributed by atoms with Gasteiger partial charge in [0.1, 0.15) is 11.8 Å². The molecule has 0 aliphatic rings. The van der Waals surface area contributed by atoms with Crippen LogP contribution < -0.4 is 0 Å². The van der Waals surface area contributed by atoms with Gasteiger partial charge in [-0.2, -0.15) is 5.10 Å². The van der Waals surface area contributed by atoms with Gasteiger partial charge in [0, 0.05) is 7.05 Å². The van der Waals surface area contributed by atoms with Crippen LogP contribution in [0, 0.1) is 5.41 Å². The second-order valence-corrected chi connectivity index (χ2v) is 5.45. The molecule has 1 aromatic rings. The number of carbonyl (C=O) groups excluding carboxylic acids is 1. The van der Waals surface area contributed by atoms with Gasteiger partial charge in [0.15, 0.2) is 0 Å². The fourth-order valence-corrected chi connectivity index (χ4v) is 1.75. The zero-order valence-corrected chi connectivity index (χ0v) is 10.9. The molecule has 1 atom stereocenters. The molecule has 4 nitrogen and oxygen atoms in total. The van der Waals surface area contributed by atoms with Crippen molar-refractivity contribution in [2.45, 2.75) is 26.9 Å². The third kappa shape index (κ3) is 2.46. The van der Waals surface area contributed by atoms with Gasteiger partial charge >= 0.3 is 0 Å². The van der Waals surface area contributed by atoms with Crippen LogP contribution >= 0.6 is 15.9 Å². The monoisotopic (exact) mass is 274 g/mol. The molecule has 0 aromatic carbocycles. The largest absolute Gasteiger partial charge is 0.384 e. The quantitative estimate of drug-likeness (QED) is 0.837. The molecule has 0 aliphatic heterocycles. The number of aryl methyl sites for hydroxylation is 1. The Morgan fingerprint density at radius 1 is 1.60 bits per heavy atom. The molecule has 0 fully saturated rings. The van der Waals surface area contributed by atoms with Gasteiger partial charge in [-0.15, -0.1) is 0 Å². The topological polar surface area (TPSA) is 55.1 Å². The molecule has 0 aliphatic carbocycles. The highest BCUT2D eigenvalue weighted by atomic mass is 79.9. The molecule has 15 heavy (non-hydrogen) atoms. The second kappa shape index (κ2) is 4.06. The van der Waals surface area contributed by atoms with Gasteiger partial charge in [-0.1, -0.05) is 20.8 Å². The summed E-state index contributed by atoms with van der Waals surface area (Å²) in [4.78, 5) is 12.0. The standard InChI is InChI=1S/C10H15BrN2O2/c1-10(2,3)9(15)8(14)7-6(11)5-12-13(7)4/h5,9,15H,1-4H3. The van der Waals surface area contributed by atoms with Gasteiger partial charge in [0.2, 0.25) is 5.78 Å². The number of aromatic nitrogens is 2. The molecule has 0 saturated carbocycles. The van der Waals surface area contributed by atoms with Gasteiger partial charge in [0.05, 0.1) is 10.7 Å². The molecule has 1 N–H and O–H groups in total. The normalized spacial score (nSPS) is 14.0. The van der Waals surface area contributed by atoms with Crippen LogP contribution in [0.5, 0.6) is 0 Å². The van der Waals surface area contributed by atoms with Crippen molar-refractivity contribution in [3.63, 3.8) is 0 Å². The Labute approximate surface area is 97.4 Å². The summed E-state index contributed by atoms with van der Waals surface area (Å²) in [5, 5.41) is 13.8. The van der Waals surface area contributed by atoms with Crippen LogP contribution in [-0.2, 0) is 7.05 Å². The molecular formula is C10H15BrN2O2. The number of carbonyl (C=O) groups is 1. The zero-order chi connectivity index (χ0) is 11.8. The lowest BCUT2D eigenvalue weighted by Crippen LogP contribution is -2.35. The Hall–Kier alpha value is -0.680. The van der Waals surface area contributed by atoms with E-state index in [4.69, 9.17) is 0 Å². The first-order valence-corrected chi connectivity index (χ1v) is 5.44. The van der Waals surface area contributed by atoms with Crippen molar-refractivity contribution >= 4 is 21.7 Å². The van der Waals surface area contributed by atoms with Crippen LogP contribution in [0.15, 0.2) is 10.7 Å². The highest BCUT2D eigenvalue weighted by molar-refractivity contribution is 9.10. The van der Waals surface area contributed by atoms with E-state index in [1.54, 1.807) is 13.2 Å². The Balaban J connectivity index is 3.06. The van der Waals surface area contributed by atoms with Gasteiger partial charge in [0.25, 0.3) is 0 Å². The van der Waals surface area contributed by atoms with Crippen LogP contribution in [0.1, 0.15) is 31.3 Å². The third-order valence-electron chi connectivity index (χ3n) is 2.20. The fraction of sp³-hybridized carbons (Fsp3) is 0.600. The number of Topliss-reactive ketones (excluding diaryl/α,β-unsaturated/α-hetero) is 1. The minimum atomic E-state index is -1.02. The number of ketones is 1. The highest BCUT2D eigenvalue weighted by Crippen LogP contribution is 2.25. The summed E-state index contributed by atoms with van der Waals surface area (Å²) in [7, 11) is 1.67. The molecule has 1 rings (SSSR count). The summed E-state index contributed by atoms with van der Waals surface area (Å²) in [5.41, 5.74) is -0.0710. The summed E-state index contributed by atoms with van der Waals surface area (Å²) in [6, 6.07) is 0. The zero-order valence-electron chi connectivity index (χ0n) is 9.28. The Kier molecular flexibility index (Phi) is 3.35. The van der Waals surface area contributed by atoms with E-state index in [0.29, 0.717) is 10.2 Å². The summed E-state index contributed by atoms with van der Waals surface area (Å²) < 4.78 is 2.07. The van der Waals surface area contributed by atoms with Crippen molar-refractivity contribution in [2.75, 3.05) is 0 Å². The lowest BCUT2D eigenvalue weighted by molar-refractivity contribution is 0.0432. The maximum atomic E-state index is 12.0. The average Bonchev–Trinajstić information content (AvgIpc) is 2.42. The lowest BCUT2D eigenvalue weighted by Gasteiger charge is -2.24. The van der Waals surface area contributed by atoms with Crippen molar-refractivity contribution in [3.8, 4) is 0 Å². The summed E-state index contributed by atoms with van der Waals surface area (Å²) >= 11 is 3.24. The van der Waals surface area contributed by atoms with Gasteiger partial charge < -0.3 is 5.11 Å². The predicted octanol–water partition coefficient (Wildman–Crippen LogP) is 1.77. The maximum absolute atomic E-state index is 12.0. The van der Waals surface area contributed by atoms with E-state index < -0.39 is 11.5 Å². The molecule has 0 spiro atoms. The molecule has 0 radical (unpaired) electrons. The summed E-state index contributed by atoms with van der Waals surface area (Å²) in [6.45, 7) is 5.46. The van der Waals surface area contributed by atoms with Gasteiger partial charge in [-0.05, 0) is 21.3 Å². The van der Waals surface area contributed by atoms with Crippen molar-refractivity contribution < 1.29 is 9.90 Å². The second-order valence-electron chi connectivity index (χ2n) is 4.60. The Bertz CT molecular complexity index is 360. The van der Waals surface area contributed by atoms with E-state index in [9.17, 15) is 9.90 Å². The number of aliphatic hydroxyl groups is 1. The first-order valence-electron chi connectivity index (χ1n) is 4.65. The van der Waals surface area contributed by atoms with Gasteiger partial charge in [-0.3, -0.25) is 9.48 Å². The van der Waals surface area contributed by atoms with Crippen molar-refractivity contribution in [3.05, 3.63) is 16.4 Å². The van der Waals surface area contributed by atoms with Gasteiger partial charge in [-0.25, -0.2) is 0 Å². The SMILES string of the molecule is Cn1ncc(Br)c1C(=O)C(O)C(C)(C)C. The smallest absolute Gasteiger partial charge is 0.210 e. The van der Waals surface area contributed by atoms with Crippen LogP contribution in [0.3, 0.4) is 0 Å². The highest BCUT2D eigenvalue weighted by Gasteiger charge is 2.32. The fourth-order valence-electron chi connectivity index (χ4n) is 1.21. The molecule has 0 amide bonds. The van der Waals surface area contributed by atoms with Crippen molar-refractivity contribution in [2.24, 2.45) is 12.5 Å². The molecule has 0 bridgehead atoms. The van der Waals surface area contributed by atoms with E-state index >= 15 is 0 Å². The predicted molar refractivity (Wildman–Crippen MR) is 60.7 cm³/mol. The third-order valence-corrected chi connectivity index (χ3v) is 2.78. The summed E-state index contributed by atoms with van der Waals surface area (Å²) in [6.07, 6.45) is 0.520. The number of rotatable bonds is 2. The van der Waals surface area contributed by atoms with E-state index in [1.165, 1.54) is 4.68 Å². The maximum Gasteiger partial charge on any atom is 0.210 e. The first kappa shape index (κ1) is 12.4. The Morgan fingerprint density at radius 2 is 2.13 bits per heavy atom. The van der Waals surface area contributed by atoms with Crippen molar-refractivity contribution in [1.29, 1.82) is 0 Å². The van der Waals surface area contributed by atoms with E-state index in [0.717, 1.165) is 0 Å². The number of hydrogen-bond acceptors (Lipinski definition) is 3. The minimum Gasteiger partial charge on any atom is -0.384 e.